The minimum absolute atomic E-state index is 0.0566. The molecule has 2 aromatic rings. The molecule has 2 aromatic heterocycles. The number of ether oxygens (including phenoxy) is 1. The average molecular weight is 471 g/mol. The van der Waals surface area contributed by atoms with Gasteiger partial charge >= 0.3 is 6.61 Å². The van der Waals surface area contributed by atoms with Crippen LogP contribution in [0.5, 0.6) is 5.75 Å². The van der Waals surface area contributed by atoms with E-state index in [0.717, 1.165) is 6.04 Å². The Morgan fingerprint density at radius 1 is 1.15 bits per heavy atom. The fraction of sp³-hybridized carbons (Fsp3) is 0.600. The number of allylic oxidation sites excluding steroid dienone is 1. The normalized spacial score (nSPS) is 28.9. The zero-order valence-corrected chi connectivity index (χ0v) is 19.7. The van der Waals surface area contributed by atoms with Crippen molar-refractivity contribution in [1.29, 1.82) is 0 Å². The summed E-state index contributed by atoms with van der Waals surface area (Å²) in [5.74, 6) is 0.797. The lowest BCUT2D eigenvalue weighted by Gasteiger charge is -2.40. The van der Waals surface area contributed by atoms with Crippen LogP contribution in [0.1, 0.15) is 50.8 Å². The number of nitrogens with two attached hydrogens (primary N) is 1. The molecule has 0 radical (unpaired) electrons. The molecule has 4 heterocycles. The Morgan fingerprint density at radius 3 is 2.71 bits per heavy atom. The molecule has 6 rings (SSSR count). The molecule has 1 saturated carbocycles. The van der Waals surface area contributed by atoms with E-state index in [2.05, 4.69) is 50.2 Å². The van der Waals surface area contributed by atoms with Crippen molar-refractivity contribution in [2.75, 3.05) is 31.9 Å². The van der Waals surface area contributed by atoms with Crippen LogP contribution in [0.25, 0.3) is 11.3 Å². The van der Waals surface area contributed by atoms with Gasteiger partial charge in [-0.25, -0.2) is 4.98 Å². The Morgan fingerprint density at radius 2 is 1.97 bits per heavy atom. The molecule has 3 fully saturated rings. The van der Waals surface area contributed by atoms with Crippen molar-refractivity contribution in [2.24, 2.45) is 5.92 Å². The van der Waals surface area contributed by atoms with Crippen LogP contribution in [0.2, 0.25) is 0 Å². The molecule has 0 spiro atoms. The molecule has 4 unspecified atom stereocenters. The first kappa shape index (κ1) is 22.0. The first-order chi connectivity index (χ1) is 16.4. The quantitative estimate of drug-likeness (QED) is 0.646. The Labute approximate surface area is 198 Å². The third kappa shape index (κ3) is 3.79. The molecular weight excluding hydrogens is 438 g/mol. The molecular formula is C25H32F2N6O. The van der Waals surface area contributed by atoms with Gasteiger partial charge in [-0.05, 0) is 57.7 Å². The monoisotopic (exact) mass is 470 g/mol. The number of fused-ring (bicyclic) bond motifs is 2. The zero-order valence-electron chi connectivity index (χ0n) is 19.7. The van der Waals surface area contributed by atoms with Crippen LogP contribution >= 0.6 is 0 Å². The van der Waals surface area contributed by atoms with Crippen LogP contribution in [0, 0.1) is 5.92 Å². The van der Waals surface area contributed by atoms with Gasteiger partial charge in [0.05, 0.1) is 5.69 Å². The number of nitrogen functional groups attached to an aromatic ring is 1. The molecule has 182 valence electrons. The number of hydrogen-bond donors (Lipinski definition) is 1. The Kier molecular flexibility index (Phi) is 5.37. The Balaban J connectivity index is 1.22. The van der Waals surface area contributed by atoms with Gasteiger partial charge in [0, 0.05) is 61.1 Å². The summed E-state index contributed by atoms with van der Waals surface area (Å²) < 4.78 is 32.1. The predicted octanol–water partition coefficient (Wildman–Crippen LogP) is 3.90. The molecule has 34 heavy (non-hydrogen) atoms. The number of alkyl halides is 2. The highest BCUT2D eigenvalue weighted by atomic mass is 19.3. The van der Waals surface area contributed by atoms with Gasteiger partial charge in [-0.15, -0.1) is 0 Å². The number of nitrogens with zero attached hydrogens (tertiary/aromatic N) is 5. The smallest absolute Gasteiger partial charge is 0.387 e. The van der Waals surface area contributed by atoms with Gasteiger partial charge in [0.1, 0.15) is 0 Å². The van der Waals surface area contributed by atoms with Gasteiger partial charge in [0.25, 0.3) is 0 Å². The van der Waals surface area contributed by atoms with Crippen LogP contribution in [0.4, 0.5) is 14.6 Å². The van der Waals surface area contributed by atoms with E-state index in [1.807, 2.05) is 0 Å². The van der Waals surface area contributed by atoms with Crippen molar-refractivity contribution in [2.45, 2.75) is 63.8 Å². The third-order valence-electron chi connectivity index (χ3n) is 8.01. The summed E-state index contributed by atoms with van der Waals surface area (Å²) in [5.41, 5.74) is 9.76. The number of pyridine rings is 1. The van der Waals surface area contributed by atoms with E-state index in [9.17, 15) is 8.78 Å². The predicted molar refractivity (Wildman–Crippen MR) is 126 cm³/mol. The maximum Gasteiger partial charge on any atom is 0.387 e. The van der Waals surface area contributed by atoms with Gasteiger partial charge in [0.15, 0.2) is 11.6 Å². The molecule has 0 aromatic carbocycles. The van der Waals surface area contributed by atoms with Crippen LogP contribution in [0.15, 0.2) is 30.0 Å². The number of hydrogen-bond acceptors (Lipinski definition) is 6. The lowest BCUT2D eigenvalue weighted by atomic mass is 10.0. The fourth-order valence-electron chi connectivity index (χ4n) is 6.32. The molecule has 7 nitrogen and oxygen atoms in total. The molecule has 2 aliphatic carbocycles. The lowest BCUT2D eigenvalue weighted by molar-refractivity contribution is -0.0494. The molecule has 2 N–H and O–H groups in total. The van der Waals surface area contributed by atoms with Gasteiger partial charge in [-0.2, -0.15) is 13.9 Å². The molecule has 2 aliphatic heterocycles. The summed E-state index contributed by atoms with van der Waals surface area (Å²) >= 11 is 0. The van der Waals surface area contributed by atoms with E-state index >= 15 is 0 Å². The maximum atomic E-state index is 12.7. The maximum absolute atomic E-state index is 12.7. The topological polar surface area (TPSA) is 72.4 Å². The summed E-state index contributed by atoms with van der Waals surface area (Å²) in [6, 6.07) is 5.07. The van der Waals surface area contributed by atoms with Crippen molar-refractivity contribution in [3.63, 3.8) is 0 Å². The first-order valence-corrected chi connectivity index (χ1v) is 12.4. The van der Waals surface area contributed by atoms with E-state index in [4.69, 9.17) is 10.8 Å². The number of aromatic nitrogens is 3. The highest BCUT2D eigenvalue weighted by molar-refractivity contribution is 5.65. The van der Waals surface area contributed by atoms with E-state index < -0.39 is 6.61 Å². The van der Waals surface area contributed by atoms with Crippen LogP contribution in [0.3, 0.4) is 0 Å². The fourth-order valence-corrected chi connectivity index (χ4v) is 6.32. The highest BCUT2D eigenvalue weighted by Gasteiger charge is 2.53. The van der Waals surface area contributed by atoms with Gasteiger partial charge in [-0.3, -0.25) is 14.5 Å². The average Bonchev–Trinajstić information content (AvgIpc) is 3.27. The lowest BCUT2D eigenvalue weighted by Crippen LogP contribution is -2.52. The van der Waals surface area contributed by atoms with Gasteiger partial charge in [-0.1, -0.05) is 11.6 Å². The molecule has 0 amide bonds. The molecule has 2 saturated heterocycles. The summed E-state index contributed by atoms with van der Waals surface area (Å²) in [7, 11) is 0. The zero-order chi connectivity index (χ0) is 23.6. The first-order valence-electron chi connectivity index (χ1n) is 12.4. The van der Waals surface area contributed by atoms with Crippen molar-refractivity contribution < 1.29 is 13.5 Å². The van der Waals surface area contributed by atoms with Crippen LogP contribution in [-0.2, 0) is 0 Å². The summed E-state index contributed by atoms with van der Waals surface area (Å²) in [4.78, 5) is 9.40. The number of piperazine rings is 1. The van der Waals surface area contributed by atoms with Crippen molar-refractivity contribution in [1.82, 2.24) is 24.6 Å². The Hall–Kier alpha value is -2.52. The summed E-state index contributed by atoms with van der Waals surface area (Å²) in [6.07, 6.45) is 7.94. The minimum atomic E-state index is -2.95. The van der Waals surface area contributed by atoms with Gasteiger partial charge in [0.2, 0.25) is 0 Å². The minimum Gasteiger partial charge on any atom is -0.431 e. The van der Waals surface area contributed by atoms with E-state index in [0.29, 0.717) is 29.1 Å². The number of rotatable bonds is 6. The summed E-state index contributed by atoms with van der Waals surface area (Å²) in [5, 5.41) is 4.81. The Bertz CT molecular complexity index is 1110. The second kappa shape index (κ2) is 8.30. The largest absolute Gasteiger partial charge is 0.431 e. The van der Waals surface area contributed by atoms with Gasteiger partial charge < -0.3 is 10.5 Å². The van der Waals surface area contributed by atoms with Crippen LogP contribution in [-0.4, -0.2) is 69.4 Å². The van der Waals surface area contributed by atoms with E-state index in [-0.39, 0.29) is 17.6 Å². The molecule has 0 bridgehead atoms. The second-order valence-electron chi connectivity index (χ2n) is 10.4. The molecule has 4 atom stereocenters. The molecule has 4 aliphatic rings. The van der Waals surface area contributed by atoms with E-state index in [1.165, 1.54) is 62.8 Å². The SMILES string of the molecule is CC(C)n1nc(-c2cnc(N)c(OC(F)F)c2)cc1C1C2=CC(N3CCN4CCCC4C3)CC21. The number of halogens is 2. The second-order valence-corrected chi connectivity index (χ2v) is 10.4. The van der Waals surface area contributed by atoms with E-state index in [1.54, 1.807) is 6.20 Å². The van der Waals surface area contributed by atoms with Crippen LogP contribution < -0.4 is 10.5 Å². The molecule has 9 heteroatoms. The highest BCUT2D eigenvalue weighted by Crippen LogP contribution is 2.61. The van der Waals surface area contributed by atoms with Crippen molar-refractivity contribution in [3.8, 4) is 17.0 Å². The number of anilines is 1. The third-order valence-corrected chi connectivity index (χ3v) is 8.01. The van der Waals surface area contributed by atoms with Crippen molar-refractivity contribution in [3.05, 3.63) is 35.7 Å². The standard InChI is InChI=1S/C25H32F2N6O/c1-14(2)33-21(11-20(30-33)15-8-22(34-25(26)27)24(28)29-12-15)23-18-9-17(10-19(18)23)32-7-6-31-5-3-4-16(31)13-32/h8-9,11-12,14,16-17,19,23,25H,3-7,10,13H2,1-2H3,(H2,28,29). The van der Waals surface area contributed by atoms with Crippen molar-refractivity contribution >= 4 is 5.82 Å². The summed E-state index contributed by atoms with van der Waals surface area (Å²) in [6.45, 7) is 6.12.